The maximum Gasteiger partial charge on any atom is 0.192 e. The first-order chi connectivity index (χ1) is 6.02. The summed E-state index contributed by atoms with van der Waals surface area (Å²) in [4.78, 5) is 10.9. The molecule has 0 aromatic rings. The van der Waals surface area contributed by atoms with Crippen molar-refractivity contribution in [3.63, 3.8) is 0 Å². The van der Waals surface area contributed by atoms with E-state index in [9.17, 15) is 14.3 Å². The summed E-state index contributed by atoms with van der Waals surface area (Å²) >= 11 is 0. The topological polar surface area (TPSA) is 37.3 Å². The molecule has 0 spiro atoms. The monoisotopic (exact) mass is 188 g/mol. The molecular formula is C10H17FO2. The standard InChI is InChI=1S/C10H17FO2/c1-4-8(5-2)10(13)6-9(12)7(3)11/h6-8,13H,4-5H2,1-3H3/b10-6-. The molecule has 3 heteroatoms. The second kappa shape index (κ2) is 5.73. The number of halogens is 1. The zero-order valence-electron chi connectivity index (χ0n) is 8.38. The predicted molar refractivity (Wildman–Crippen MR) is 50.4 cm³/mol. The summed E-state index contributed by atoms with van der Waals surface area (Å²) < 4.78 is 12.4. The van der Waals surface area contributed by atoms with Crippen molar-refractivity contribution in [2.45, 2.75) is 39.8 Å². The summed E-state index contributed by atoms with van der Waals surface area (Å²) in [6.45, 7) is 5.00. The van der Waals surface area contributed by atoms with Gasteiger partial charge in [-0.05, 0) is 19.8 Å². The van der Waals surface area contributed by atoms with Gasteiger partial charge in [0.25, 0.3) is 0 Å². The highest BCUT2D eigenvalue weighted by Crippen LogP contribution is 2.16. The van der Waals surface area contributed by atoms with Crippen molar-refractivity contribution < 1.29 is 14.3 Å². The van der Waals surface area contributed by atoms with Crippen molar-refractivity contribution in [1.82, 2.24) is 0 Å². The zero-order chi connectivity index (χ0) is 10.4. The summed E-state index contributed by atoms with van der Waals surface area (Å²) in [6, 6.07) is 0. The summed E-state index contributed by atoms with van der Waals surface area (Å²) in [7, 11) is 0. The lowest BCUT2D eigenvalue weighted by Gasteiger charge is -2.10. The van der Waals surface area contributed by atoms with E-state index >= 15 is 0 Å². The minimum atomic E-state index is -1.53. The number of rotatable bonds is 5. The largest absolute Gasteiger partial charge is 0.512 e. The summed E-state index contributed by atoms with van der Waals surface area (Å²) in [5, 5.41) is 9.40. The molecule has 0 amide bonds. The summed E-state index contributed by atoms with van der Waals surface area (Å²) in [5.41, 5.74) is 0. The lowest BCUT2D eigenvalue weighted by Crippen LogP contribution is -2.11. The second-order valence-corrected chi connectivity index (χ2v) is 3.10. The molecule has 13 heavy (non-hydrogen) atoms. The van der Waals surface area contributed by atoms with Gasteiger partial charge in [0.1, 0.15) is 0 Å². The van der Waals surface area contributed by atoms with Crippen LogP contribution in [0.2, 0.25) is 0 Å². The molecule has 76 valence electrons. The van der Waals surface area contributed by atoms with Gasteiger partial charge < -0.3 is 5.11 Å². The number of carbonyl (C=O) groups is 1. The van der Waals surface area contributed by atoms with Crippen LogP contribution in [0.5, 0.6) is 0 Å². The average Bonchev–Trinajstić information content (AvgIpc) is 2.06. The van der Waals surface area contributed by atoms with Crippen LogP contribution < -0.4 is 0 Å². The first-order valence-electron chi connectivity index (χ1n) is 4.61. The third kappa shape index (κ3) is 4.06. The number of ketones is 1. The maximum absolute atomic E-state index is 12.4. The van der Waals surface area contributed by atoms with E-state index in [2.05, 4.69) is 0 Å². The molecule has 0 aromatic heterocycles. The van der Waals surface area contributed by atoms with Gasteiger partial charge in [0.2, 0.25) is 0 Å². The molecule has 0 heterocycles. The molecule has 1 atom stereocenters. The second-order valence-electron chi connectivity index (χ2n) is 3.10. The molecule has 0 saturated heterocycles. The highest BCUT2D eigenvalue weighted by Gasteiger charge is 2.13. The number of allylic oxidation sites excluding steroid dienone is 2. The number of hydrogen-bond donors (Lipinski definition) is 1. The average molecular weight is 188 g/mol. The Labute approximate surface area is 78.5 Å². The lowest BCUT2D eigenvalue weighted by molar-refractivity contribution is -0.118. The molecule has 0 aliphatic rings. The zero-order valence-corrected chi connectivity index (χ0v) is 8.38. The van der Waals surface area contributed by atoms with Gasteiger partial charge in [-0.3, -0.25) is 4.79 Å². The van der Waals surface area contributed by atoms with E-state index in [-0.39, 0.29) is 11.7 Å². The Morgan fingerprint density at radius 3 is 2.23 bits per heavy atom. The highest BCUT2D eigenvalue weighted by molar-refractivity contribution is 5.93. The van der Waals surface area contributed by atoms with Gasteiger partial charge in [0.15, 0.2) is 12.0 Å². The Balaban J connectivity index is 4.37. The molecule has 0 radical (unpaired) electrons. The Morgan fingerprint density at radius 1 is 1.46 bits per heavy atom. The van der Waals surface area contributed by atoms with Crippen LogP contribution in [0.15, 0.2) is 11.8 Å². The van der Waals surface area contributed by atoms with Gasteiger partial charge >= 0.3 is 0 Å². The van der Waals surface area contributed by atoms with Crippen LogP contribution in [-0.4, -0.2) is 17.1 Å². The van der Waals surface area contributed by atoms with Crippen molar-refractivity contribution in [1.29, 1.82) is 0 Å². The number of carbonyl (C=O) groups excluding carboxylic acids is 1. The van der Waals surface area contributed by atoms with Crippen LogP contribution in [0, 0.1) is 5.92 Å². The van der Waals surface area contributed by atoms with Crippen molar-refractivity contribution in [2.75, 3.05) is 0 Å². The molecule has 0 saturated carbocycles. The smallest absolute Gasteiger partial charge is 0.192 e. The van der Waals surface area contributed by atoms with E-state index in [1.165, 1.54) is 6.92 Å². The number of aliphatic hydroxyl groups excluding tert-OH is 1. The highest BCUT2D eigenvalue weighted by atomic mass is 19.1. The molecule has 0 rings (SSSR count). The molecule has 0 aromatic carbocycles. The van der Waals surface area contributed by atoms with Crippen LogP contribution in [0.25, 0.3) is 0 Å². The number of hydrogen-bond acceptors (Lipinski definition) is 2. The van der Waals surface area contributed by atoms with Crippen LogP contribution in [-0.2, 0) is 4.79 Å². The van der Waals surface area contributed by atoms with Gasteiger partial charge in [-0.15, -0.1) is 0 Å². The first-order valence-corrected chi connectivity index (χ1v) is 4.61. The van der Waals surface area contributed by atoms with Crippen molar-refractivity contribution >= 4 is 5.78 Å². The van der Waals surface area contributed by atoms with Gasteiger partial charge in [-0.2, -0.15) is 0 Å². The molecular weight excluding hydrogens is 171 g/mol. The summed E-state index contributed by atoms with van der Waals surface area (Å²) in [5.74, 6) is -0.688. The fourth-order valence-corrected chi connectivity index (χ4v) is 1.09. The minimum absolute atomic E-state index is 0.000463. The SMILES string of the molecule is CCC(CC)/C(O)=C/C(=O)C(C)F. The van der Waals surface area contributed by atoms with Crippen LogP contribution in [0.4, 0.5) is 4.39 Å². The Kier molecular flexibility index (Phi) is 5.35. The van der Waals surface area contributed by atoms with Crippen LogP contribution in [0.3, 0.4) is 0 Å². The number of aliphatic hydroxyl groups is 1. The maximum atomic E-state index is 12.4. The molecule has 0 fully saturated rings. The van der Waals surface area contributed by atoms with Crippen LogP contribution in [0.1, 0.15) is 33.6 Å². The van der Waals surface area contributed by atoms with E-state index in [1.54, 1.807) is 0 Å². The first kappa shape index (κ1) is 12.1. The molecule has 2 nitrogen and oxygen atoms in total. The minimum Gasteiger partial charge on any atom is -0.512 e. The Morgan fingerprint density at radius 2 is 1.92 bits per heavy atom. The van der Waals surface area contributed by atoms with E-state index in [4.69, 9.17) is 0 Å². The van der Waals surface area contributed by atoms with E-state index < -0.39 is 12.0 Å². The van der Waals surface area contributed by atoms with Crippen molar-refractivity contribution in [2.24, 2.45) is 5.92 Å². The third-order valence-electron chi connectivity index (χ3n) is 2.09. The Bertz CT molecular complexity index is 193. The molecule has 0 aliphatic carbocycles. The van der Waals surface area contributed by atoms with Crippen molar-refractivity contribution in [3.05, 3.63) is 11.8 Å². The van der Waals surface area contributed by atoms with Gasteiger partial charge in [0.05, 0.1) is 5.76 Å². The molecule has 1 unspecified atom stereocenters. The van der Waals surface area contributed by atoms with E-state index in [0.717, 1.165) is 18.9 Å². The van der Waals surface area contributed by atoms with Gasteiger partial charge in [0, 0.05) is 12.0 Å². The normalized spacial score (nSPS) is 14.7. The summed E-state index contributed by atoms with van der Waals surface area (Å²) in [6.07, 6.45) is 0.985. The third-order valence-corrected chi connectivity index (χ3v) is 2.09. The molecule has 0 aliphatic heterocycles. The fourth-order valence-electron chi connectivity index (χ4n) is 1.09. The number of alkyl halides is 1. The Hall–Kier alpha value is -0.860. The fraction of sp³-hybridized carbons (Fsp3) is 0.700. The van der Waals surface area contributed by atoms with E-state index in [0.29, 0.717) is 0 Å². The quantitative estimate of drug-likeness (QED) is 0.532. The van der Waals surface area contributed by atoms with Gasteiger partial charge in [-0.25, -0.2) is 4.39 Å². The van der Waals surface area contributed by atoms with Crippen molar-refractivity contribution in [3.8, 4) is 0 Å². The van der Waals surface area contributed by atoms with Crippen LogP contribution >= 0.6 is 0 Å². The predicted octanol–water partition coefficient (Wildman–Crippen LogP) is 2.79. The lowest BCUT2D eigenvalue weighted by atomic mass is 10.00. The van der Waals surface area contributed by atoms with E-state index in [1.807, 2.05) is 13.8 Å². The van der Waals surface area contributed by atoms with Gasteiger partial charge in [-0.1, -0.05) is 13.8 Å². The molecule has 0 bridgehead atoms. The molecule has 1 N–H and O–H groups in total.